The highest BCUT2D eigenvalue weighted by Crippen LogP contribution is 2.24. The van der Waals surface area contributed by atoms with Crippen LogP contribution in [0, 0.1) is 0 Å². The fourth-order valence-electron chi connectivity index (χ4n) is 2.84. The molecule has 0 aliphatic rings. The van der Waals surface area contributed by atoms with Crippen molar-refractivity contribution in [2.45, 2.75) is 25.8 Å². The molecule has 0 saturated carbocycles. The van der Waals surface area contributed by atoms with Gasteiger partial charge in [-0.15, -0.1) is 0 Å². The largest absolute Gasteiger partial charge is 0.480 e. The molecule has 3 aromatic rings. The zero-order valence-corrected chi connectivity index (χ0v) is 19.2. The molecule has 2 aromatic carbocycles. The molecule has 1 amide bonds. The molecular formula is C24H21Cl2N3O4. The number of hydrogen-bond acceptors (Lipinski definition) is 5. The van der Waals surface area contributed by atoms with E-state index in [0.29, 0.717) is 5.75 Å². The number of carboxylic acids is 1. The molecule has 0 fully saturated rings. The summed E-state index contributed by atoms with van der Waals surface area (Å²) in [6.07, 6.45) is 7.77. The summed E-state index contributed by atoms with van der Waals surface area (Å²) in [5.74, 6) is -1.25. The number of aromatic nitrogens is 2. The summed E-state index contributed by atoms with van der Waals surface area (Å²) in [4.78, 5) is 32.4. The first-order valence-electron chi connectivity index (χ1n) is 10.1. The Morgan fingerprint density at radius 1 is 1.09 bits per heavy atom. The van der Waals surface area contributed by atoms with Crippen LogP contribution in [-0.4, -0.2) is 33.0 Å². The van der Waals surface area contributed by atoms with Gasteiger partial charge < -0.3 is 15.2 Å². The average Bonchev–Trinajstić information content (AvgIpc) is 2.80. The number of nitrogens with one attached hydrogen (secondary N) is 1. The third-order valence-electron chi connectivity index (χ3n) is 4.65. The van der Waals surface area contributed by atoms with Crippen molar-refractivity contribution >= 4 is 41.2 Å². The first-order chi connectivity index (χ1) is 15.9. The van der Waals surface area contributed by atoms with E-state index in [4.69, 9.17) is 27.9 Å². The molecule has 0 aliphatic heterocycles. The first kappa shape index (κ1) is 24.2. The maximum atomic E-state index is 12.5. The van der Waals surface area contributed by atoms with Gasteiger partial charge in [0.2, 0.25) is 0 Å². The lowest BCUT2D eigenvalue weighted by Crippen LogP contribution is -2.40. The van der Waals surface area contributed by atoms with Gasteiger partial charge in [0.05, 0.1) is 15.6 Å². The van der Waals surface area contributed by atoms with Crippen LogP contribution in [0.2, 0.25) is 10.0 Å². The Bertz CT molecular complexity index is 1130. The van der Waals surface area contributed by atoms with Crippen LogP contribution in [0.25, 0.3) is 6.08 Å². The molecule has 0 bridgehead atoms. The molecule has 1 unspecified atom stereocenters. The molecule has 7 nitrogen and oxygen atoms in total. The van der Waals surface area contributed by atoms with Crippen LogP contribution in [0.1, 0.15) is 34.8 Å². The van der Waals surface area contributed by atoms with Crippen LogP contribution in [0.5, 0.6) is 11.8 Å². The van der Waals surface area contributed by atoms with E-state index in [1.54, 1.807) is 42.7 Å². The number of amides is 1. The quantitative estimate of drug-likeness (QED) is 0.419. The first-order valence-corrected chi connectivity index (χ1v) is 10.9. The molecule has 2 N–H and O–H groups in total. The Kier molecular flexibility index (Phi) is 8.40. The number of aliphatic carboxylic acids is 1. The van der Waals surface area contributed by atoms with E-state index in [-0.39, 0.29) is 28.0 Å². The van der Waals surface area contributed by atoms with Crippen molar-refractivity contribution in [1.82, 2.24) is 15.3 Å². The minimum absolute atomic E-state index is 0.0416. The summed E-state index contributed by atoms with van der Waals surface area (Å²) in [7, 11) is 0. The van der Waals surface area contributed by atoms with Gasteiger partial charge in [0.1, 0.15) is 11.8 Å². The van der Waals surface area contributed by atoms with Crippen molar-refractivity contribution in [3.05, 3.63) is 87.7 Å². The Morgan fingerprint density at radius 3 is 2.30 bits per heavy atom. The highest BCUT2D eigenvalue weighted by Gasteiger charge is 2.22. The molecule has 33 heavy (non-hydrogen) atoms. The predicted molar refractivity (Wildman–Crippen MR) is 127 cm³/mol. The zero-order valence-electron chi connectivity index (χ0n) is 17.7. The Hall–Kier alpha value is -3.42. The number of nitrogens with zero attached hydrogens (tertiary/aromatic N) is 2. The summed E-state index contributed by atoms with van der Waals surface area (Å²) in [6, 6.07) is 10.9. The molecule has 0 spiro atoms. The number of rotatable bonds is 9. The molecule has 170 valence electrons. The average molecular weight is 486 g/mol. The predicted octanol–water partition coefficient (Wildman–Crippen LogP) is 5.42. The number of benzene rings is 2. The van der Waals surface area contributed by atoms with Gasteiger partial charge in [-0.25, -0.2) is 14.8 Å². The van der Waals surface area contributed by atoms with Crippen molar-refractivity contribution in [3.8, 4) is 11.8 Å². The van der Waals surface area contributed by atoms with Gasteiger partial charge in [-0.1, -0.05) is 60.5 Å². The van der Waals surface area contributed by atoms with E-state index < -0.39 is 17.9 Å². The lowest BCUT2D eigenvalue weighted by Gasteiger charge is -2.14. The third kappa shape index (κ3) is 6.78. The van der Waals surface area contributed by atoms with Gasteiger partial charge in [0, 0.05) is 12.4 Å². The summed E-state index contributed by atoms with van der Waals surface area (Å²) in [6.45, 7) is 2.02. The minimum Gasteiger partial charge on any atom is -0.480 e. The fraction of sp³-hybridized carbons (Fsp3) is 0.167. The molecule has 1 aromatic heterocycles. The van der Waals surface area contributed by atoms with Gasteiger partial charge in [0.15, 0.2) is 0 Å². The smallest absolute Gasteiger partial charge is 0.326 e. The number of aryl methyl sites for hydroxylation is 1. The molecule has 0 saturated heterocycles. The van der Waals surface area contributed by atoms with Crippen molar-refractivity contribution in [2.75, 3.05) is 0 Å². The summed E-state index contributed by atoms with van der Waals surface area (Å²) in [5, 5.41) is 12.2. The number of hydrogen-bond donors (Lipinski definition) is 2. The highest BCUT2D eigenvalue weighted by atomic mass is 35.5. The molecule has 1 heterocycles. The molecule has 1 atom stereocenters. The van der Waals surface area contributed by atoms with E-state index in [9.17, 15) is 14.7 Å². The van der Waals surface area contributed by atoms with Crippen molar-refractivity contribution < 1.29 is 19.4 Å². The van der Waals surface area contributed by atoms with Crippen LogP contribution in [-0.2, 0) is 11.2 Å². The summed E-state index contributed by atoms with van der Waals surface area (Å²) in [5.41, 5.74) is 1.89. The molecular weight excluding hydrogens is 465 g/mol. The van der Waals surface area contributed by atoms with E-state index >= 15 is 0 Å². The highest BCUT2D eigenvalue weighted by molar-refractivity contribution is 6.39. The second-order valence-electron chi connectivity index (χ2n) is 7.00. The maximum Gasteiger partial charge on any atom is 0.326 e. The molecule has 0 aliphatic carbocycles. The zero-order chi connectivity index (χ0) is 23.8. The third-order valence-corrected chi connectivity index (χ3v) is 5.28. The van der Waals surface area contributed by atoms with Gasteiger partial charge in [-0.05, 0) is 48.2 Å². The lowest BCUT2D eigenvalue weighted by atomic mass is 10.1. The maximum absolute atomic E-state index is 12.5. The SMILES string of the molecule is CCc1cnc(Oc2ccc(/C=C/CC(NC(=O)c3c(Cl)cccc3Cl)C(=O)O)cc2)nc1. The molecule has 0 radical (unpaired) electrons. The number of carbonyl (C=O) groups is 2. The summed E-state index contributed by atoms with van der Waals surface area (Å²) < 4.78 is 5.62. The fourth-order valence-corrected chi connectivity index (χ4v) is 3.41. The van der Waals surface area contributed by atoms with Crippen LogP contribution in [0.4, 0.5) is 0 Å². The van der Waals surface area contributed by atoms with Gasteiger partial charge in [0.25, 0.3) is 5.91 Å². The molecule has 9 heteroatoms. The topological polar surface area (TPSA) is 101 Å². The van der Waals surface area contributed by atoms with E-state index in [0.717, 1.165) is 17.5 Å². The number of carboxylic acid groups (broad SMARTS) is 1. The Morgan fingerprint density at radius 2 is 1.73 bits per heavy atom. The van der Waals surface area contributed by atoms with Crippen molar-refractivity contribution in [1.29, 1.82) is 0 Å². The van der Waals surface area contributed by atoms with E-state index in [1.807, 2.05) is 19.1 Å². The van der Waals surface area contributed by atoms with Gasteiger partial charge in [-0.3, -0.25) is 4.79 Å². The second-order valence-corrected chi connectivity index (χ2v) is 7.81. The van der Waals surface area contributed by atoms with Crippen LogP contribution >= 0.6 is 23.2 Å². The summed E-state index contributed by atoms with van der Waals surface area (Å²) >= 11 is 12.0. The lowest BCUT2D eigenvalue weighted by molar-refractivity contribution is -0.139. The minimum atomic E-state index is -1.17. The number of carbonyl (C=O) groups excluding carboxylic acids is 1. The van der Waals surface area contributed by atoms with E-state index in [1.165, 1.54) is 12.1 Å². The Labute approximate surface area is 201 Å². The van der Waals surface area contributed by atoms with E-state index in [2.05, 4.69) is 15.3 Å². The number of ether oxygens (including phenoxy) is 1. The van der Waals surface area contributed by atoms with Gasteiger partial charge >= 0.3 is 12.0 Å². The van der Waals surface area contributed by atoms with Crippen LogP contribution in [0.3, 0.4) is 0 Å². The van der Waals surface area contributed by atoms with Crippen LogP contribution < -0.4 is 10.1 Å². The molecule has 3 rings (SSSR count). The number of halogens is 2. The standard InChI is InChI=1S/C24H21Cl2N3O4/c1-2-15-13-27-24(28-14-15)33-17-11-9-16(10-12-17)5-3-8-20(23(31)32)29-22(30)21-18(25)6-4-7-19(21)26/h3-7,9-14,20H,2,8H2,1H3,(H,29,30)(H,31,32)/b5-3+. The van der Waals surface area contributed by atoms with Gasteiger partial charge in [-0.2, -0.15) is 0 Å². The second kappa shape index (κ2) is 11.4. The van der Waals surface area contributed by atoms with Crippen LogP contribution in [0.15, 0.2) is 60.9 Å². The van der Waals surface area contributed by atoms with Crippen molar-refractivity contribution in [2.24, 2.45) is 0 Å². The van der Waals surface area contributed by atoms with Crippen molar-refractivity contribution in [3.63, 3.8) is 0 Å². The normalized spacial score (nSPS) is 11.8. The Balaban J connectivity index is 1.59. The monoisotopic (exact) mass is 485 g/mol.